The molecule has 4 heteroatoms. The van der Waals surface area contributed by atoms with Gasteiger partial charge in [0.2, 0.25) is 0 Å². The van der Waals surface area contributed by atoms with Crippen LogP contribution in [-0.2, 0) is 0 Å². The smallest absolute Gasteiger partial charge is 0.200 e. The molecular formula is C14H14O4. The number of carbonyl (C=O) groups is 1. The summed E-state index contributed by atoms with van der Waals surface area (Å²) in [6.07, 6.45) is 1.50. The van der Waals surface area contributed by atoms with Crippen molar-refractivity contribution in [3.05, 3.63) is 47.4 Å². The van der Waals surface area contributed by atoms with Crippen molar-refractivity contribution in [2.24, 2.45) is 0 Å². The standard InChI is InChI=1S/C14H14O4/c1-9-11(6-7-18-9)14(15)12-5-4-10(16-2)8-13(12)17-3/h4-8H,1-3H3. The Balaban J connectivity index is 2.45. The van der Waals surface area contributed by atoms with Gasteiger partial charge in [0, 0.05) is 6.07 Å². The summed E-state index contributed by atoms with van der Waals surface area (Å²) < 4.78 is 15.5. The first-order chi connectivity index (χ1) is 8.67. The number of benzene rings is 1. The van der Waals surface area contributed by atoms with Crippen LogP contribution in [-0.4, -0.2) is 20.0 Å². The molecule has 18 heavy (non-hydrogen) atoms. The minimum absolute atomic E-state index is 0.124. The molecule has 0 fully saturated rings. The van der Waals surface area contributed by atoms with Crippen LogP contribution in [0.15, 0.2) is 34.9 Å². The van der Waals surface area contributed by atoms with E-state index in [4.69, 9.17) is 13.9 Å². The van der Waals surface area contributed by atoms with Crippen molar-refractivity contribution in [1.82, 2.24) is 0 Å². The van der Waals surface area contributed by atoms with Crippen LogP contribution in [0.4, 0.5) is 0 Å². The zero-order valence-corrected chi connectivity index (χ0v) is 10.5. The van der Waals surface area contributed by atoms with Crippen molar-refractivity contribution in [2.75, 3.05) is 14.2 Å². The van der Waals surface area contributed by atoms with Crippen molar-refractivity contribution < 1.29 is 18.7 Å². The second kappa shape index (κ2) is 4.96. The van der Waals surface area contributed by atoms with E-state index in [0.717, 1.165) is 0 Å². The molecule has 1 aromatic carbocycles. The van der Waals surface area contributed by atoms with Crippen LogP contribution in [0.5, 0.6) is 11.5 Å². The van der Waals surface area contributed by atoms with Crippen LogP contribution >= 0.6 is 0 Å². The fraction of sp³-hybridized carbons (Fsp3) is 0.214. The molecule has 4 nitrogen and oxygen atoms in total. The first-order valence-electron chi connectivity index (χ1n) is 5.48. The van der Waals surface area contributed by atoms with Gasteiger partial charge < -0.3 is 13.9 Å². The highest BCUT2D eigenvalue weighted by atomic mass is 16.5. The lowest BCUT2D eigenvalue weighted by molar-refractivity contribution is 0.103. The Kier molecular flexibility index (Phi) is 3.37. The Labute approximate surface area is 105 Å². The largest absolute Gasteiger partial charge is 0.497 e. The summed E-state index contributed by atoms with van der Waals surface area (Å²) in [5.41, 5.74) is 1.03. The zero-order chi connectivity index (χ0) is 13.1. The Morgan fingerprint density at radius 1 is 1.11 bits per heavy atom. The van der Waals surface area contributed by atoms with Gasteiger partial charge in [-0.2, -0.15) is 0 Å². The third kappa shape index (κ3) is 2.09. The third-order valence-electron chi connectivity index (χ3n) is 2.76. The third-order valence-corrected chi connectivity index (χ3v) is 2.76. The average Bonchev–Trinajstić information content (AvgIpc) is 2.83. The molecule has 0 N–H and O–H groups in total. The minimum atomic E-state index is -0.124. The lowest BCUT2D eigenvalue weighted by atomic mass is 10.0. The fourth-order valence-electron chi connectivity index (χ4n) is 1.75. The molecule has 0 unspecified atom stereocenters. The summed E-state index contributed by atoms with van der Waals surface area (Å²) in [7, 11) is 3.09. The Bertz CT molecular complexity index is 569. The summed E-state index contributed by atoms with van der Waals surface area (Å²) in [6, 6.07) is 6.75. The summed E-state index contributed by atoms with van der Waals surface area (Å²) in [5.74, 6) is 1.60. The van der Waals surface area contributed by atoms with E-state index in [1.807, 2.05) is 0 Å². The number of ketones is 1. The number of aryl methyl sites for hydroxylation is 1. The van der Waals surface area contributed by atoms with E-state index in [0.29, 0.717) is 28.4 Å². The van der Waals surface area contributed by atoms with Crippen molar-refractivity contribution in [2.45, 2.75) is 6.92 Å². The number of carbonyl (C=O) groups excluding carboxylic acids is 1. The zero-order valence-electron chi connectivity index (χ0n) is 10.5. The second-order valence-electron chi connectivity index (χ2n) is 3.79. The Morgan fingerprint density at radius 2 is 1.89 bits per heavy atom. The highest BCUT2D eigenvalue weighted by Gasteiger charge is 2.18. The van der Waals surface area contributed by atoms with Crippen LogP contribution in [0.25, 0.3) is 0 Å². The molecule has 0 aliphatic rings. The van der Waals surface area contributed by atoms with E-state index in [1.54, 1.807) is 38.3 Å². The van der Waals surface area contributed by atoms with E-state index < -0.39 is 0 Å². The maximum absolute atomic E-state index is 12.3. The monoisotopic (exact) mass is 246 g/mol. The molecule has 0 saturated carbocycles. The van der Waals surface area contributed by atoms with Gasteiger partial charge in [-0.25, -0.2) is 0 Å². The van der Waals surface area contributed by atoms with E-state index in [-0.39, 0.29) is 5.78 Å². The molecule has 2 aromatic rings. The lowest BCUT2D eigenvalue weighted by Gasteiger charge is -2.09. The van der Waals surface area contributed by atoms with Crippen LogP contribution in [0, 0.1) is 6.92 Å². The van der Waals surface area contributed by atoms with Crippen molar-refractivity contribution >= 4 is 5.78 Å². The molecule has 2 rings (SSSR count). The van der Waals surface area contributed by atoms with Crippen LogP contribution in [0.1, 0.15) is 21.7 Å². The second-order valence-corrected chi connectivity index (χ2v) is 3.79. The van der Waals surface area contributed by atoms with Crippen LogP contribution in [0.3, 0.4) is 0 Å². The predicted molar refractivity (Wildman–Crippen MR) is 66.4 cm³/mol. The van der Waals surface area contributed by atoms with Crippen LogP contribution in [0.2, 0.25) is 0 Å². The molecular weight excluding hydrogens is 232 g/mol. The highest BCUT2D eigenvalue weighted by molar-refractivity contribution is 6.11. The molecule has 94 valence electrons. The van der Waals surface area contributed by atoms with Gasteiger partial charge in [0.05, 0.1) is 31.6 Å². The average molecular weight is 246 g/mol. The first kappa shape index (κ1) is 12.2. The van der Waals surface area contributed by atoms with Gasteiger partial charge in [-0.1, -0.05) is 0 Å². The fourth-order valence-corrected chi connectivity index (χ4v) is 1.75. The molecule has 0 radical (unpaired) electrons. The lowest BCUT2D eigenvalue weighted by Crippen LogP contribution is -2.04. The van der Waals surface area contributed by atoms with Crippen molar-refractivity contribution in [1.29, 1.82) is 0 Å². The summed E-state index contributed by atoms with van der Waals surface area (Å²) >= 11 is 0. The van der Waals surface area contributed by atoms with E-state index in [2.05, 4.69) is 0 Å². The molecule has 0 aliphatic heterocycles. The molecule has 0 spiro atoms. The number of hydrogen-bond acceptors (Lipinski definition) is 4. The van der Waals surface area contributed by atoms with Gasteiger partial charge in [0.1, 0.15) is 17.3 Å². The highest BCUT2D eigenvalue weighted by Crippen LogP contribution is 2.27. The molecule has 0 saturated heterocycles. The summed E-state index contributed by atoms with van der Waals surface area (Å²) in [6.45, 7) is 1.75. The predicted octanol–water partition coefficient (Wildman–Crippen LogP) is 2.84. The molecule has 0 atom stereocenters. The van der Waals surface area contributed by atoms with Gasteiger partial charge in [-0.3, -0.25) is 4.79 Å². The van der Waals surface area contributed by atoms with E-state index in [9.17, 15) is 4.79 Å². The number of hydrogen-bond donors (Lipinski definition) is 0. The van der Waals surface area contributed by atoms with Gasteiger partial charge in [0.15, 0.2) is 5.78 Å². The van der Waals surface area contributed by atoms with Gasteiger partial charge in [-0.05, 0) is 25.1 Å². The van der Waals surface area contributed by atoms with E-state index >= 15 is 0 Å². The summed E-state index contributed by atoms with van der Waals surface area (Å²) in [5, 5.41) is 0. The van der Waals surface area contributed by atoms with Gasteiger partial charge >= 0.3 is 0 Å². The molecule has 0 aliphatic carbocycles. The number of ether oxygens (including phenoxy) is 2. The van der Waals surface area contributed by atoms with Crippen LogP contribution < -0.4 is 9.47 Å². The molecule has 0 amide bonds. The molecule has 0 bridgehead atoms. The number of furan rings is 1. The Hall–Kier alpha value is -2.23. The Morgan fingerprint density at radius 3 is 2.44 bits per heavy atom. The maximum Gasteiger partial charge on any atom is 0.200 e. The topological polar surface area (TPSA) is 48.7 Å². The first-order valence-corrected chi connectivity index (χ1v) is 5.48. The quantitative estimate of drug-likeness (QED) is 0.778. The maximum atomic E-state index is 12.3. The summed E-state index contributed by atoms with van der Waals surface area (Å²) in [4.78, 5) is 12.3. The number of rotatable bonds is 4. The van der Waals surface area contributed by atoms with Gasteiger partial charge in [-0.15, -0.1) is 0 Å². The van der Waals surface area contributed by atoms with Gasteiger partial charge in [0.25, 0.3) is 0 Å². The SMILES string of the molecule is COc1ccc(C(=O)c2ccoc2C)c(OC)c1. The van der Waals surface area contributed by atoms with Crippen molar-refractivity contribution in [3.63, 3.8) is 0 Å². The minimum Gasteiger partial charge on any atom is -0.497 e. The number of methoxy groups -OCH3 is 2. The molecule has 1 aromatic heterocycles. The molecule has 1 heterocycles. The normalized spacial score (nSPS) is 10.2. The van der Waals surface area contributed by atoms with E-state index in [1.165, 1.54) is 13.4 Å². The van der Waals surface area contributed by atoms with Crippen molar-refractivity contribution in [3.8, 4) is 11.5 Å².